The van der Waals surface area contributed by atoms with E-state index >= 15 is 0 Å². The van der Waals surface area contributed by atoms with Crippen molar-refractivity contribution in [3.8, 4) is 0 Å². The number of hydrogen-bond acceptors (Lipinski definition) is 4. The topological polar surface area (TPSA) is 75.6 Å². The van der Waals surface area contributed by atoms with Crippen LogP contribution >= 0.6 is 15.9 Å². The summed E-state index contributed by atoms with van der Waals surface area (Å²) in [6.45, 7) is 0.666. The molecule has 106 valence electrons. The summed E-state index contributed by atoms with van der Waals surface area (Å²) in [6, 6.07) is 6.39. The summed E-state index contributed by atoms with van der Waals surface area (Å²) >= 11 is 3.26. The van der Waals surface area contributed by atoms with Crippen molar-refractivity contribution in [3.63, 3.8) is 0 Å². The minimum Gasteiger partial charge on any atom is -0.394 e. The highest BCUT2D eigenvalue weighted by molar-refractivity contribution is 9.10. The van der Waals surface area contributed by atoms with E-state index in [1.165, 1.54) is 12.1 Å². The summed E-state index contributed by atoms with van der Waals surface area (Å²) in [4.78, 5) is 0.190. The van der Waals surface area contributed by atoms with Crippen molar-refractivity contribution >= 4 is 26.0 Å². The zero-order valence-corrected chi connectivity index (χ0v) is 12.7. The van der Waals surface area contributed by atoms with Gasteiger partial charge in [-0.25, -0.2) is 13.1 Å². The van der Waals surface area contributed by atoms with Crippen LogP contribution in [0.15, 0.2) is 33.6 Å². The smallest absolute Gasteiger partial charge is 0.241 e. The normalized spacial score (nSPS) is 19.3. The largest absolute Gasteiger partial charge is 0.394 e. The summed E-state index contributed by atoms with van der Waals surface area (Å²) < 4.78 is 33.2. The van der Waals surface area contributed by atoms with Crippen molar-refractivity contribution in [1.29, 1.82) is 0 Å². The van der Waals surface area contributed by atoms with Gasteiger partial charge in [0.25, 0.3) is 0 Å². The molecule has 0 amide bonds. The van der Waals surface area contributed by atoms with Crippen LogP contribution in [0.25, 0.3) is 0 Å². The van der Waals surface area contributed by atoms with E-state index in [2.05, 4.69) is 20.7 Å². The zero-order chi connectivity index (χ0) is 13.9. The SMILES string of the molecule is O=S(=O)(NC1(CO)CCOCC1)c1ccc(Br)cc1. The molecule has 0 aromatic heterocycles. The molecule has 5 nitrogen and oxygen atoms in total. The molecule has 1 heterocycles. The van der Waals surface area contributed by atoms with Gasteiger partial charge in [0, 0.05) is 17.7 Å². The third-order valence-electron chi connectivity index (χ3n) is 3.23. The summed E-state index contributed by atoms with van der Waals surface area (Å²) in [5.74, 6) is 0. The minimum atomic E-state index is -3.63. The van der Waals surface area contributed by atoms with Gasteiger partial charge in [-0.1, -0.05) is 15.9 Å². The molecule has 1 saturated heterocycles. The first kappa shape index (κ1) is 14.9. The highest BCUT2D eigenvalue weighted by atomic mass is 79.9. The predicted octanol–water partition coefficient (Wildman–Crippen LogP) is 1.27. The summed E-state index contributed by atoms with van der Waals surface area (Å²) in [5.41, 5.74) is -0.815. The monoisotopic (exact) mass is 349 g/mol. The Morgan fingerprint density at radius 2 is 1.84 bits per heavy atom. The van der Waals surface area contributed by atoms with Gasteiger partial charge in [0.15, 0.2) is 0 Å². The van der Waals surface area contributed by atoms with E-state index < -0.39 is 15.6 Å². The Hall–Kier alpha value is -0.470. The van der Waals surface area contributed by atoms with Crippen LogP contribution in [0.2, 0.25) is 0 Å². The van der Waals surface area contributed by atoms with Crippen LogP contribution in [-0.2, 0) is 14.8 Å². The third kappa shape index (κ3) is 3.55. The second-order valence-corrected chi connectivity index (χ2v) is 7.21. The molecular weight excluding hydrogens is 334 g/mol. The average molecular weight is 350 g/mol. The van der Waals surface area contributed by atoms with Crippen LogP contribution in [-0.4, -0.2) is 38.9 Å². The first-order valence-electron chi connectivity index (χ1n) is 5.96. The van der Waals surface area contributed by atoms with Crippen molar-refractivity contribution in [1.82, 2.24) is 4.72 Å². The van der Waals surface area contributed by atoms with Gasteiger partial charge in [0.05, 0.1) is 17.0 Å². The minimum absolute atomic E-state index is 0.190. The van der Waals surface area contributed by atoms with E-state index in [-0.39, 0.29) is 11.5 Å². The van der Waals surface area contributed by atoms with E-state index in [0.29, 0.717) is 26.1 Å². The van der Waals surface area contributed by atoms with E-state index in [1.54, 1.807) is 12.1 Å². The van der Waals surface area contributed by atoms with Crippen LogP contribution < -0.4 is 4.72 Å². The Kier molecular flexibility index (Phi) is 4.62. The number of hydrogen-bond donors (Lipinski definition) is 2. The summed E-state index contributed by atoms with van der Waals surface area (Å²) in [6.07, 6.45) is 0.943. The Morgan fingerprint density at radius 1 is 1.26 bits per heavy atom. The fourth-order valence-electron chi connectivity index (χ4n) is 2.01. The molecule has 2 N–H and O–H groups in total. The maximum atomic E-state index is 12.3. The summed E-state index contributed by atoms with van der Waals surface area (Å²) in [7, 11) is -3.63. The maximum Gasteiger partial charge on any atom is 0.241 e. The Bertz CT molecular complexity index is 523. The van der Waals surface area contributed by atoms with Crippen LogP contribution in [0.5, 0.6) is 0 Å². The van der Waals surface area contributed by atoms with Crippen molar-refractivity contribution in [2.24, 2.45) is 0 Å². The first-order valence-corrected chi connectivity index (χ1v) is 8.23. The lowest BCUT2D eigenvalue weighted by Gasteiger charge is -2.35. The molecule has 0 atom stereocenters. The number of ether oxygens (including phenoxy) is 1. The molecule has 1 fully saturated rings. The average Bonchev–Trinajstić information content (AvgIpc) is 2.40. The fourth-order valence-corrected chi connectivity index (χ4v) is 3.73. The molecule has 19 heavy (non-hydrogen) atoms. The lowest BCUT2D eigenvalue weighted by molar-refractivity contribution is 0.0223. The first-order chi connectivity index (χ1) is 8.97. The van der Waals surface area contributed by atoms with Crippen molar-refractivity contribution in [2.45, 2.75) is 23.3 Å². The highest BCUT2D eigenvalue weighted by Crippen LogP contribution is 2.23. The van der Waals surface area contributed by atoms with Crippen LogP contribution in [0.3, 0.4) is 0 Å². The number of benzene rings is 1. The van der Waals surface area contributed by atoms with E-state index in [4.69, 9.17) is 4.74 Å². The number of sulfonamides is 1. The van der Waals surface area contributed by atoms with Gasteiger partial charge in [-0.05, 0) is 37.1 Å². The molecule has 7 heteroatoms. The molecule has 0 radical (unpaired) electrons. The molecular formula is C12H16BrNO4S. The molecule has 1 aromatic rings. The quantitative estimate of drug-likeness (QED) is 0.858. The number of aliphatic hydroxyl groups is 1. The lowest BCUT2D eigenvalue weighted by atomic mass is 9.93. The van der Waals surface area contributed by atoms with Crippen LogP contribution in [0, 0.1) is 0 Å². The molecule has 0 spiro atoms. The Balaban J connectivity index is 2.22. The number of nitrogens with one attached hydrogen (secondary N) is 1. The van der Waals surface area contributed by atoms with Gasteiger partial charge in [0.1, 0.15) is 0 Å². The second kappa shape index (κ2) is 5.88. The van der Waals surface area contributed by atoms with E-state index in [9.17, 15) is 13.5 Å². The number of halogens is 1. The molecule has 1 aliphatic heterocycles. The van der Waals surface area contributed by atoms with Gasteiger partial charge < -0.3 is 9.84 Å². The van der Waals surface area contributed by atoms with Crippen LogP contribution in [0.1, 0.15) is 12.8 Å². The molecule has 0 saturated carbocycles. The Morgan fingerprint density at radius 3 is 2.37 bits per heavy atom. The molecule has 2 rings (SSSR count). The van der Waals surface area contributed by atoms with E-state index in [1.807, 2.05) is 0 Å². The number of rotatable bonds is 4. The molecule has 0 aliphatic carbocycles. The van der Waals surface area contributed by atoms with Gasteiger partial charge in [0.2, 0.25) is 10.0 Å². The second-order valence-electron chi connectivity index (χ2n) is 4.61. The van der Waals surface area contributed by atoms with Gasteiger partial charge in [-0.3, -0.25) is 0 Å². The Labute approximate surface area is 121 Å². The van der Waals surface area contributed by atoms with Gasteiger partial charge in [-0.15, -0.1) is 0 Å². The van der Waals surface area contributed by atoms with Crippen molar-refractivity contribution in [3.05, 3.63) is 28.7 Å². The standard InChI is InChI=1S/C12H16BrNO4S/c13-10-1-3-11(4-2-10)19(16,17)14-12(9-15)5-7-18-8-6-12/h1-4,14-15H,5-9H2. The summed E-state index contributed by atoms with van der Waals surface area (Å²) in [5, 5.41) is 9.51. The number of aliphatic hydroxyl groups excluding tert-OH is 1. The van der Waals surface area contributed by atoms with E-state index in [0.717, 1.165) is 4.47 Å². The fraction of sp³-hybridized carbons (Fsp3) is 0.500. The maximum absolute atomic E-state index is 12.3. The highest BCUT2D eigenvalue weighted by Gasteiger charge is 2.36. The lowest BCUT2D eigenvalue weighted by Crippen LogP contribution is -2.54. The zero-order valence-electron chi connectivity index (χ0n) is 10.3. The van der Waals surface area contributed by atoms with Crippen molar-refractivity contribution < 1.29 is 18.3 Å². The van der Waals surface area contributed by atoms with Crippen molar-refractivity contribution in [2.75, 3.05) is 19.8 Å². The van der Waals surface area contributed by atoms with Gasteiger partial charge in [-0.2, -0.15) is 0 Å². The molecule has 0 unspecified atom stereocenters. The molecule has 1 aliphatic rings. The van der Waals surface area contributed by atoms with Gasteiger partial charge >= 0.3 is 0 Å². The molecule has 1 aromatic carbocycles. The molecule has 0 bridgehead atoms. The third-order valence-corrected chi connectivity index (χ3v) is 5.35. The van der Waals surface area contributed by atoms with Crippen LogP contribution in [0.4, 0.5) is 0 Å². The predicted molar refractivity (Wildman–Crippen MR) is 74.3 cm³/mol.